The van der Waals surface area contributed by atoms with Crippen LogP contribution in [0.3, 0.4) is 0 Å². The molecule has 2 rings (SSSR count). The average Bonchev–Trinajstić information content (AvgIpc) is 2.28. The minimum Gasteiger partial charge on any atom is -0.348 e. The molecule has 5 nitrogen and oxygen atoms in total. The zero-order chi connectivity index (χ0) is 13.0. The minimum absolute atomic E-state index is 0.0902. The summed E-state index contributed by atoms with van der Waals surface area (Å²) in [6.07, 6.45) is 1.60. The molecule has 1 aromatic heterocycles. The van der Waals surface area contributed by atoms with Crippen LogP contribution in [0.15, 0.2) is 36.5 Å². The van der Waals surface area contributed by atoms with Crippen molar-refractivity contribution in [2.45, 2.75) is 26.3 Å². The minimum atomic E-state index is -0.0902. The summed E-state index contributed by atoms with van der Waals surface area (Å²) in [5, 5.41) is 14.2. The van der Waals surface area contributed by atoms with Gasteiger partial charge in [-0.1, -0.05) is 18.2 Å². The van der Waals surface area contributed by atoms with E-state index >= 15 is 0 Å². The van der Waals surface area contributed by atoms with E-state index in [4.69, 9.17) is 0 Å². The van der Waals surface area contributed by atoms with Crippen LogP contribution in [0.2, 0.25) is 0 Å². The summed E-state index contributed by atoms with van der Waals surface area (Å²) in [5.74, 6) is 1.19. The van der Waals surface area contributed by atoms with Crippen molar-refractivity contribution in [2.24, 2.45) is 0 Å². The van der Waals surface area contributed by atoms with Gasteiger partial charge in [-0.05, 0) is 32.9 Å². The van der Waals surface area contributed by atoms with Crippen molar-refractivity contribution >= 4 is 17.5 Å². The molecule has 0 saturated carbocycles. The fraction of sp³-hybridized carbons (Fsp3) is 0.308. The number of aromatic nitrogens is 3. The van der Waals surface area contributed by atoms with E-state index in [-0.39, 0.29) is 5.54 Å². The molecular weight excluding hydrogens is 226 g/mol. The predicted octanol–water partition coefficient (Wildman–Crippen LogP) is 2.83. The van der Waals surface area contributed by atoms with E-state index in [9.17, 15) is 0 Å². The second-order valence-electron chi connectivity index (χ2n) is 5.03. The number of nitrogens with zero attached hydrogens (tertiary/aromatic N) is 3. The van der Waals surface area contributed by atoms with E-state index in [1.165, 1.54) is 0 Å². The normalized spacial score (nSPS) is 11.1. The molecule has 1 heterocycles. The highest BCUT2D eigenvalue weighted by molar-refractivity contribution is 5.55. The first-order valence-electron chi connectivity index (χ1n) is 5.83. The average molecular weight is 243 g/mol. The van der Waals surface area contributed by atoms with E-state index in [1.54, 1.807) is 6.20 Å². The standard InChI is InChI=1S/C13H17N5/c1-13(2,3)17-12-16-11(9-14-18-12)15-10-7-5-4-6-8-10/h4-9H,1-3H3,(H2,15,16,17,18). The zero-order valence-corrected chi connectivity index (χ0v) is 10.8. The van der Waals surface area contributed by atoms with Crippen molar-refractivity contribution in [1.82, 2.24) is 15.2 Å². The number of benzene rings is 1. The molecule has 0 bridgehead atoms. The van der Waals surface area contributed by atoms with Gasteiger partial charge >= 0.3 is 0 Å². The monoisotopic (exact) mass is 243 g/mol. The molecule has 0 fully saturated rings. The number of anilines is 3. The molecule has 0 spiro atoms. The smallest absolute Gasteiger partial charge is 0.245 e. The fourth-order valence-corrected chi connectivity index (χ4v) is 1.42. The molecule has 0 radical (unpaired) electrons. The fourth-order valence-electron chi connectivity index (χ4n) is 1.42. The molecular formula is C13H17N5. The summed E-state index contributed by atoms with van der Waals surface area (Å²) >= 11 is 0. The first kappa shape index (κ1) is 12.3. The van der Waals surface area contributed by atoms with Gasteiger partial charge in [-0.3, -0.25) is 0 Å². The summed E-state index contributed by atoms with van der Waals surface area (Å²) in [6.45, 7) is 6.15. The van der Waals surface area contributed by atoms with Crippen molar-refractivity contribution in [3.63, 3.8) is 0 Å². The number of rotatable bonds is 3. The molecule has 1 aromatic carbocycles. The largest absolute Gasteiger partial charge is 0.348 e. The van der Waals surface area contributed by atoms with Gasteiger partial charge in [0.15, 0.2) is 5.82 Å². The Morgan fingerprint density at radius 2 is 1.78 bits per heavy atom. The molecule has 0 unspecified atom stereocenters. The molecule has 0 aliphatic carbocycles. The van der Waals surface area contributed by atoms with Crippen molar-refractivity contribution in [3.05, 3.63) is 36.5 Å². The van der Waals surface area contributed by atoms with Crippen molar-refractivity contribution in [2.75, 3.05) is 10.6 Å². The highest BCUT2D eigenvalue weighted by atomic mass is 15.3. The quantitative estimate of drug-likeness (QED) is 0.868. The predicted molar refractivity (Wildman–Crippen MR) is 72.9 cm³/mol. The molecule has 0 amide bonds. The second-order valence-corrected chi connectivity index (χ2v) is 5.03. The Hall–Kier alpha value is -2.17. The third-order valence-corrected chi connectivity index (χ3v) is 2.09. The lowest BCUT2D eigenvalue weighted by Crippen LogP contribution is -2.27. The Morgan fingerprint density at radius 1 is 1.06 bits per heavy atom. The van der Waals surface area contributed by atoms with Crippen LogP contribution in [-0.4, -0.2) is 20.7 Å². The first-order chi connectivity index (χ1) is 8.53. The van der Waals surface area contributed by atoms with Gasteiger partial charge < -0.3 is 10.6 Å². The van der Waals surface area contributed by atoms with Crippen LogP contribution in [0, 0.1) is 0 Å². The van der Waals surface area contributed by atoms with Crippen LogP contribution >= 0.6 is 0 Å². The van der Waals surface area contributed by atoms with E-state index in [2.05, 4.69) is 25.8 Å². The number of hydrogen-bond acceptors (Lipinski definition) is 5. The topological polar surface area (TPSA) is 62.7 Å². The number of nitrogens with one attached hydrogen (secondary N) is 2. The van der Waals surface area contributed by atoms with Crippen molar-refractivity contribution < 1.29 is 0 Å². The lowest BCUT2D eigenvalue weighted by atomic mass is 10.1. The van der Waals surface area contributed by atoms with Crippen LogP contribution in [0.5, 0.6) is 0 Å². The second kappa shape index (κ2) is 5.00. The van der Waals surface area contributed by atoms with Gasteiger partial charge in [0.2, 0.25) is 5.95 Å². The summed E-state index contributed by atoms with van der Waals surface area (Å²) in [5.41, 5.74) is 0.882. The van der Waals surface area contributed by atoms with Gasteiger partial charge in [0.1, 0.15) is 0 Å². The SMILES string of the molecule is CC(C)(C)Nc1nncc(Nc2ccccc2)n1. The third kappa shape index (κ3) is 3.69. The van der Waals surface area contributed by atoms with E-state index in [0.29, 0.717) is 11.8 Å². The third-order valence-electron chi connectivity index (χ3n) is 2.09. The molecule has 2 aromatic rings. The maximum atomic E-state index is 4.36. The van der Waals surface area contributed by atoms with Crippen LogP contribution in [-0.2, 0) is 0 Å². The lowest BCUT2D eigenvalue weighted by Gasteiger charge is -2.20. The van der Waals surface area contributed by atoms with Gasteiger partial charge in [-0.2, -0.15) is 10.1 Å². The van der Waals surface area contributed by atoms with E-state index in [1.807, 2.05) is 51.1 Å². The van der Waals surface area contributed by atoms with Crippen LogP contribution in [0.25, 0.3) is 0 Å². The molecule has 0 aliphatic heterocycles. The van der Waals surface area contributed by atoms with Gasteiger partial charge in [-0.25, -0.2) is 0 Å². The Kier molecular flexibility index (Phi) is 3.41. The summed E-state index contributed by atoms with van der Waals surface area (Å²) < 4.78 is 0. The Balaban J connectivity index is 2.13. The highest BCUT2D eigenvalue weighted by Crippen LogP contribution is 2.15. The first-order valence-corrected chi connectivity index (χ1v) is 5.83. The number of para-hydroxylation sites is 1. The van der Waals surface area contributed by atoms with Gasteiger partial charge in [0.25, 0.3) is 0 Å². The molecule has 94 valence electrons. The zero-order valence-electron chi connectivity index (χ0n) is 10.8. The maximum Gasteiger partial charge on any atom is 0.245 e. The number of hydrogen-bond donors (Lipinski definition) is 2. The van der Waals surface area contributed by atoms with E-state index < -0.39 is 0 Å². The molecule has 5 heteroatoms. The molecule has 0 saturated heterocycles. The van der Waals surface area contributed by atoms with Gasteiger partial charge in [0.05, 0.1) is 6.20 Å². The molecule has 2 N–H and O–H groups in total. The lowest BCUT2D eigenvalue weighted by molar-refractivity contribution is 0.623. The Labute approximate surface area is 107 Å². The van der Waals surface area contributed by atoms with Crippen molar-refractivity contribution in [1.29, 1.82) is 0 Å². The highest BCUT2D eigenvalue weighted by Gasteiger charge is 2.11. The summed E-state index contributed by atoms with van der Waals surface area (Å²) in [7, 11) is 0. The maximum absolute atomic E-state index is 4.36. The molecule has 0 aliphatic rings. The van der Waals surface area contributed by atoms with Crippen molar-refractivity contribution in [3.8, 4) is 0 Å². The van der Waals surface area contributed by atoms with E-state index in [0.717, 1.165) is 5.69 Å². The van der Waals surface area contributed by atoms with Crippen LogP contribution in [0.1, 0.15) is 20.8 Å². The van der Waals surface area contributed by atoms with Gasteiger partial charge in [0, 0.05) is 11.2 Å². The van der Waals surface area contributed by atoms with Gasteiger partial charge in [-0.15, -0.1) is 5.10 Å². The Bertz CT molecular complexity index is 504. The Morgan fingerprint density at radius 3 is 2.44 bits per heavy atom. The molecule has 0 atom stereocenters. The van der Waals surface area contributed by atoms with Crippen LogP contribution < -0.4 is 10.6 Å². The summed E-state index contributed by atoms with van der Waals surface area (Å²) in [4.78, 5) is 4.36. The van der Waals surface area contributed by atoms with Crippen LogP contribution in [0.4, 0.5) is 17.5 Å². The summed E-state index contributed by atoms with van der Waals surface area (Å²) in [6, 6.07) is 9.84. The molecule has 18 heavy (non-hydrogen) atoms.